The maximum atomic E-state index is 12.4. The van der Waals surface area contributed by atoms with E-state index in [0.717, 1.165) is 18.4 Å². The van der Waals surface area contributed by atoms with Gasteiger partial charge in [0.05, 0.1) is 12.5 Å². The molecule has 1 aliphatic carbocycles. The third kappa shape index (κ3) is 2.64. The maximum absolute atomic E-state index is 12.4. The van der Waals surface area contributed by atoms with Gasteiger partial charge in [0, 0.05) is 12.6 Å². The molecule has 0 bridgehead atoms. The number of fused-ring (bicyclic) bond motifs is 1. The number of hydrogen-bond donors (Lipinski definition) is 1. The fourth-order valence-corrected chi connectivity index (χ4v) is 2.51. The summed E-state index contributed by atoms with van der Waals surface area (Å²) in [6, 6.07) is 5.62. The molecule has 0 atom stereocenters. The van der Waals surface area contributed by atoms with Gasteiger partial charge in [-0.1, -0.05) is 12.1 Å². The largest absolute Gasteiger partial charge is 0.466 e. The molecule has 1 aromatic carbocycles. The lowest BCUT2D eigenvalue weighted by atomic mass is 9.94. The van der Waals surface area contributed by atoms with Crippen LogP contribution in [0.2, 0.25) is 0 Å². The van der Waals surface area contributed by atoms with Gasteiger partial charge in [0.2, 0.25) is 12.7 Å². The van der Waals surface area contributed by atoms with Crippen LogP contribution in [0, 0.1) is 0 Å². The van der Waals surface area contributed by atoms with Gasteiger partial charge in [-0.15, -0.1) is 0 Å². The van der Waals surface area contributed by atoms with Crippen LogP contribution in [0.5, 0.6) is 11.5 Å². The molecule has 22 heavy (non-hydrogen) atoms. The molecule has 1 aromatic rings. The number of nitrogens with one attached hydrogen (secondary N) is 1. The van der Waals surface area contributed by atoms with Gasteiger partial charge < -0.3 is 19.5 Å². The molecule has 1 fully saturated rings. The molecule has 6 heteroatoms. The molecule has 116 valence electrons. The van der Waals surface area contributed by atoms with Crippen LogP contribution in [0.1, 0.15) is 18.4 Å². The molecule has 1 saturated carbocycles. The van der Waals surface area contributed by atoms with E-state index >= 15 is 0 Å². The minimum absolute atomic E-state index is 0.0409. The monoisotopic (exact) mass is 303 g/mol. The molecule has 1 amide bonds. The maximum Gasteiger partial charge on any atom is 0.330 e. The number of amides is 1. The van der Waals surface area contributed by atoms with Crippen molar-refractivity contribution < 1.29 is 23.8 Å². The van der Waals surface area contributed by atoms with Crippen LogP contribution < -0.4 is 14.8 Å². The van der Waals surface area contributed by atoms with E-state index < -0.39 is 11.4 Å². The van der Waals surface area contributed by atoms with E-state index in [1.54, 1.807) is 6.08 Å². The highest BCUT2D eigenvalue weighted by molar-refractivity contribution is 5.91. The molecule has 0 aromatic heterocycles. The van der Waals surface area contributed by atoms with Gasteiger partial charge in [0.15, 0.2) is 11.5 Å². The number of rotatable bonds is 5. The zero-order valence-electron chi connectivity index (χ0n) is 12.3. The fourth-order valence-electron chi connectivity index (χ4n) is 2.51. The molecule has 1 heterocycles. The standard InChI is InChI=1S/C16H17NO5/c1-20-14(18)3-2-8-17-15(19)16(6-7-16)11-4-5-12-13(9-11)22-10-21-12/h2-5,9H,6-8,10H2,1H3,(H,17,19)/b3-2+. The summed E-state index contributed by atoms with van der Waals surface area (Å²) in [5.41, 5.74) is 0.450. The van der Waals surface area contributed by atoms with Crippen molar-refractivity contribution in [1.82, 2.24) is 5.32 Å². The zero-order chi connectivity index (χ0) is 15.6. The van der Waals surface area contributed by atoms with Crippen molar-refractivity contribution >= 4 is 11.9 Å². The summed E-state index contributed by atoms with van der Waals surface area (Å²) in [6.07, 6.45) is 4.47. The van der Waals surface area contributed by atoms with Crippen molar-refractivity contribution in [3.63, 3.8) is 0 Å². The normalized spacial score (nSPS) is 17.3. The zero-order valence-corrected chi connectivity index (χ0v) is 12.3. The first-order valence-electron chi connectivity index (χ1n) is 7.09. The van der Waals surface area contributed by atoms with Crippen LogP contribution in [-0.4, -0.2) is 32.3 Å². The summed E-state index contributed by atoms with van der Waals surface area (Å²) in [6.45, 7) is 0.510. The second-order valence-corrected chi connectivity index (χ2v) is 5.29. The summed E-state index contributed by atoms with van der Waals surface area (Å²) in [5, 5.41) is 2.83. The number of ether oxygens (including phenoxy) is 3. The molecular weight excluding hydrogens is 286 g/mol. The average Bonchev–Trinajstić information content (AvgIpc) is 3.22. The Morgan fingerprint density at radius 1 is 1.32 bits per heavy atom. The number of hydrogen-bond acceptors (Lipinski definition) is 5. The Hall–Kier alpha value is -2.50. The van der Waals surface area contributed by atoms with Gasteiger partial charge in [-0.05, 0) is 30.5 Å². The van der Waals surface area contributed by atoms with Crippen molar-refractivity contribution in [1.29, 1.82) is 0 Å². The Morgan fingerprint density at radius 3 is 2.82 bits per heavy atom. The van der Waals surface area contributed by atoms with E-state index in [-0.39, 0.29) is 12.7 Å². The first-order valence-corrected chi connectivity index (χ1v) is 7.09. The topological polar surface area (TPSA) is 73.9 Å². The van der Waals surface area contributed by atoms with Crippen molar-refractivity contribution in [3.05, 3.63) is 35.9 Å². The lowest BCUT2D eigenvalue weighted by Crippen LogP contribution is -2.34. The number of carbonyl (C=O) groups is 2. The number of methoxy groups -OCH3 is 1. The highest BCUT2D eigenvalue weighted by Crippen LogP contribution is 2.50. The molecule has 1 N–H and O–H groups in total. The predicted molar refractivity (Wildman–Crippen MR) is 77.6 cm³/mol. The summed E-state index contributed by atoms with van der Waals surface area (Å²) < 4.78 is 15.1. The Morgan fingerprint density at radius 2 is 2.09 bits per heavy atom. The Balaban J connectivity index is 1.64. The van der Waals surface area contributed by atoms with Crippen molar-refractivity contribution in [2.45, 2.75) is 18.3 Å². The molecule has 2 aliphatic rings. The van der Waals surface area contributed by atoms with Gasteiger partial charge in [0.25, 0.3) is 0 Å². The Labute approximate surface area is 128 Å². The minimum Gasteiger partial charge on any atom is -0.466 e. The molecule has 6 nitrogen and oxygen atoms in total. The van der Waals surface area contributed by atoms with E-state index in [9.17, 15) is 9.59 Å². The predicted octanol–water partition coefficient (Wildman–Crippen LogP) is 1.29. The summed E-state index contributed by atoms with van der Waals surface area (Å²) in [4.78, 5) is 23.4. The molecule has 3 rings (SSSR count). The van der Waals surface area contributed by atoms with Gasteiger partial charge in [-0.3, -0.25) is 4.79 Å². The third-order valence-electron chi connectivity index (χ3n) is 3.95. The third-order valence-corrected chi connectivity index (χ3v) is 3.95. The van der Waals surface area contributed by atoms with Gasteiger partial charge in [-0.25, -0.2) is 4.79 Å². The average molecular weight is 303 g/mol. The van der Waals surface area contributed by atoms with Crippen molar-refractivity contribution in [3.8, 4) is 11.5 Å². The molecule has 0 saturated heterocycles. The Kier molecular flexibility index (Phi) is 3.75. The van der Waals surface area contributed by atoms with Gasteiger partial charge in [0.1, 0.15) is 0 Å². The van der Waals surface area contributed by atoms with E-state index in [2.05, 4.69) is 10.1 Å². The summed E-state index contributed by atoms with van der Waals surface area (Å²) >= 11 is 0. The first-order chi connectivity index (χ1) is 10.7. The fraction of sp³-hybridized carbons (Fsp3) is 0.375. The van der Waals surface area contributed by atoms with Gasteiger partial charge in [-0.2, -0.15) is 0 Å². The van der Waals surface area contributed by atoms with Crippen LogP contribution in [0.25, 0.3) is 0 Å². The minimum atomic E-state index is -0.486. The van der Waals surface area contributed by atoms with E-state index in [0.29, 0.717) is 18.0 Å². The number of benzene rings is 1. The van der Waals surface area contributed by atoms with Crippen molar-refractivity contribution in [2.75, 3.05) is 20.4 Å². The summed E-state index contributed by atoms with van der Waals surface area (Å²) in [7, 11) is 1.31. The van der Waals surface area contributed by atoms with Crippen LogP contribution in [0.4, 0.5) is 0 Å². The van der Waals surface area contributed by atoms with E-state index in [1.807, 2.05) is 18.2 Å². The van der Waals surface area contributed by atoms with Crippen LogP contribution in [0.3, 0.4) is 0 Å². The molecule has 0 radical (unpaired) electrons. The lowest BCUT2D eigenvalue weighted by molar-refractivity contribution is -0.134. The van der Waals surface area contributed by atoms with E-state index in [4.69, 9.17) is 9.47 Å². The smallest absolute Gasteiger partial charge is 0.330 e. The van der Waals surface area contributed by atoms with Crippen LogP contribution in [0.15, 0.2) is 30.4 Å². The highest BCUT2D eigenvalue weighted by atomic mass is 16.7. The van der Waals surface area contributed by atoms with Gasteiger partial charge >= 0.3 is 5.97 Å². The SMILES string of the molecule is COC(=O)/C=C/CNC(=O)C1(c2ccc3c(c2)OCO3)CC1. The first kappa shape index (κ1) is 14.4. The molecule has 0 unspecified atom stereocenters. The molecule has 1 aliphatic heterocycles. The second-order valence-electron chi connectivity index (χ2n) is 5.29. The van der Waals surface area contributed by atoms with Crippen LogP contribution >= 0.6 is 0 Å². The molecule has 0 spiro atoms. The highest BCUT2D eigenvalue weighted by Gasteiger charge is 2.51. The van der Waals surface area contributed by atoms with Crippen LogP contribution in [-0.2, 0) is 19.7 Å². The van der Waals surface area contributed by atoms with E-state index in [1.165, 1.54) is 13.2 Å². The van der Waals surface area contributed by atoms with Crippen molar-refractivity contribution in [2.24, 2.45) is 0 Å². The Bertz CT molecular complexity index is 633. The quantitative estimate of drug-likeness (QED) is 0.655. The second kappa shape index (κ2) is 5.71. The number of esters is 1. The lowest BCUT2D eigenvalue weighted by Gasteiger charge is -2.15. The summed E-state index contributed by atoms with van der Waals surface area (Å²) in [5.74, 6) is 0.912. The molecular formula is C16H17NO5. The number of carbonyl (C=O) groups excluding carboxylic acids is 2.